The molecule has 1 fully saturated rings. The summed E-state index contributed by atoms with van der Waals surface area (Å²) < 4.78 is 10.8. The summed E-state index contributed by atoms with van der Waals surface area (Å²) in [7, 11) is 0. The highest BCUT2D eigenvalue weighted by Gasteiger charge is 2.44. The molecule has 1 saturated heterocycles. The Hall–Kier alpha value is -1.58. The number of aliphatic carboxylic acids is 1. The highest BCUT2D eigenvalue weighted by atomic mass is 16.7. The molecule has 0 saturated carbocycles. The lowest BCUT2D eigenvalue weighted by Crippen LogP contribution is -2.59. The normalized spacial score (nSPS) is 20.5. The highest BCUT2D eigenvalue weighted by Crippen LogP contribution is 2.21. The minimum absolute atomic E-state index is 0.0264. The molecule has 0 aromatic carbocycles. The summed E-state index contributed by atoms with van der Waals surface area (Å²) in [6.45, 7) is 13.9. The Balaban J connectivity index is 1.95. The van der Waals surface area contributed by atoms with Crippen LogP contribution in [0.5, 0.6) is 0 Å². The first kappa shape index (κ1) is 51.4. The van der Waals surface area contributed by atoms with E-state index in [1.54, 1.807) is 0 Å². The molecule has 0 aliphatic carbocycles. The van der Waals surface area contributed by atoms with Crippen LogP contribution in [0, 0.1) is 0 Å². The predicted octanol–water partition coefficient (Wildman–Crippen LogP) is -1.41. The van der Waals surface area contributed by atoms with Gasteiger partial charge in [-0.2, -0.15) is 0 Å². The molecule has 6 atom stereocenters. The molecule has 17 nitrogen and oxygen atoms in total. The van der Waals surface area contributed by atoms with Gasteiger partial charge < -0.3 is 77.5 Å². The van der Waals surface area contributed by atoms with Crippen molar-refractivity contribution in [3.63, 3.8) is 0 Å². The number of carbonyl (C=O) groups excluding carboxylic acids is 1. The third kappa shape index (κ3) is 28.5. The molecular weight excluding hydrogens is 712 g/mol. The van der Waals surface area contributed by atoms with Crippen molar-refractivity contribution in [1.82, 2.24) is 42.5 Å². The predicted molar refractivity (Wildman–Crippen MR) is 215 cm³/mol. The maximum absolute atomic E-state index is 12.9. The number of carboxylic acid groups (broad SMARTS) is 1. The summed E-state index contributed by atoms with van der Waals surface area (Å²) in [5, 5.41) is 74.8. The van der Waals surface area contributed by atoms with E-state index in [4.69, 9.17) is 14.6 Å². The van der Waals surface area contributed by atoms with Gasteiger partial charge in [-0.1, -0.05) is 32.6 Å². The first-order valence-electron chi connectivity index (χ1n) is 21.2. The molecule has 326 valence electrons. The highest BCUT2D eigenvalue weighted by molar-refractivity contribution is 5.81. The van der Waals surface area contributed by atoms with Crippen molar-refractivity contribution in [3.05, 3.63) is 0 Å². The van der Waals surface area contributed by atoms with E-state index < -0.39 is 43.3 Å². The van der Waals surface area contributed by atoms with Gasteiger partial charge in [0.05, 0.1) is 19.3 Å². The molecule has 0 aromatic heterocycles. The Morgan fingerprint density at radius 2 is 1.09 bits per heavy atom. The molecule has 1 heterocycles. The SMILES string of the molecule is CCNCCNC(CCCCNCCCCNCCCCCCNCCNCCNCCCCCC(=O)O)C(=O)NCCO[C@H]1O[C@H](CO)[C@@H](O)[C@H](O)[C@@H]1O. The molecule has 1 rings (SSSR count). The third-order valence-electron chi connectivity index (χ3n) is 9.50. The second kappa shape index (κ2) is 36.7. The minimum atomic E-state index is -1.51. The van der Waals surface area contributed by atoms with Gasteiger partial charge in [-0.05, 0) is 97.2 Å². The zero-order chi connectivity index (χ0) is 40.2. The van der Waals surface area contributed by atoms with Gasteiger partial charge in [0.25, 0.3) is 0 Å². The number of aliphatic hydroxyl groups excluding tert-OH is 4. The monoisotopic (exact) mass is 793 g/mol. The molecular formula is C38H80N8O9. The summed E-state index contributed by atoms with van der Waals surface area (Å²) >= 11 is 0. The molecule has 1 aliphatic heterocycles. The summed E-state index contributed by atoms with van der Waals surface area (Å²) in [6, 6.07) is -0.345. The molecule has 0 radical (unpaired) electrons. The van der Waals surface area contributed by atoms with Crippen LogP contribution in [-0.2, 0) is 19.1 Å². The molecule has 0 spiro atoms. The van der Waals surface area contributed by atoms with Crippen molar-refractivity contribution in [2.45, 2.75) is 127 Å². The van der Waals surface area contributed by atoms with E-state index in [1.165, 1.54) is 25.7 Å². The number of likely N-dealkylation sites (N-methyl/N-ethyl adjacent to an activating group) is 1. The Bertz CT molecular complexity index is 899. The van der Waals surface area contributed by atoms with E-state index in [1.807, 2.05) is 6.92 Å². The molecule has 0 bridgehead atoms. The number of hydrogen-bond donors (Lipinski definition) is 13. The smallest absolute Gasteiger partial charge is 0.303 e. The quantitative estimate of drug-likeness (QED) is 0.0319. The molecule has 55 heavy (non-hydrogen) atoms. The zero-order valence-corrected chi connectivity index (χ0v) is 33.8. The third-order valence-corrected chi connectivity index (χ3v) is 9.50. The first-order valence-corrected chi connectivity index (χ1v) is 21.2. The fraction of sp³-hybridized carbons (Fsp3) is 0.947. The first-order chi connectivity index (χ1) is 26.8. The summed E-state index contributed by atoms with van der Waals surface area (Å²) in [4.78, 5) is 23.4. The van der Waals surface area contributed by atoms with E-state index in [0.717, 1.165) is 123 Å². The zero-order valence-electron chi connectivity index (χ0n) is 33.8. The number of amides is 1. The van der Waals surface area contributed by atoms with Crippen LogP contribution in [0.15, 0.2) is 0 Å². The topological polar surface area (TPSA) is 250 Å². The van der Waals surface area contributed by atoms with Crippen LogP contribution in [-0.4, -0.2) is 179 Å². The van der Waals surface area contributed by atoms with Crippen molar-refractivity contribution >= 4 is 11.9 Å². The lowest BCUT2D eigenvalue weighted by molar-refractivity contribution is -0.300. The Morgan fingerprint density at radius 3 is 1.64 bits per heavy atom. The fourth-order valence-corrected chi connectivity index (χ4v) is 6.15. The Morgan fingerprint density at radius 1 is 0.600 bits per heavy atom. The van der Waals surface area contributed by atoms with Crippen LogP contribution in [0.2, 0.25) is 0 Å². The van der Waals surface area contributed by atoms with Crippen molar-refractivity contribution in [1.29, 1.82) is 0 Å². The minimum Gasteiger partial charge on any atom is -0.481 e. The van der Waals surface area contributed by atoms with Gasteiger partial charge in [0.2, 0.25) is 5.91 Å². The fourth-order valence-electron chi connectivity index (χ4n) is 6.15. The van der Waals surface area contributed by atoms with E-state index in [-0.39, 0.29) is 31.5 Å². The van der Waals surface area contributed by atoms with Gasteiger partial charge in [-0.25, -0.2) is 0 Å². The number of carboxylic acids is 1. The second-order valence-corrected chi connectivity index (χ2v) is 14.3. The second-order valence-electron chi connectivity index (χ2n) is 14.3. The van der Waals surface area contributed by atoms with Gasteiger partial charge in [0, 0.05) is 52.2 Å². The van der Waals surface area contributed by atoms with E-state index in [0.29, 0.717) is 13.0 Å². The molecule has 0 aromatic rings. The maximum Gasteiger partial charge on any atom is 0.303 e. The molecule has 1 unspecified atom stereocenters. The number of unbranched alkanes of at least 4 members (excludes halogenated alkanes) is 7. The van der Waals surface area contributed by atoms with Crippen molar-refractivity contribution < 1.29 is 44.6 Å². The average molecular weight is 793 g/mol. The molecule has 1 amide bonds. The average Bonchev–Trinajstić information content (AvgIpc) is 3.17. The molecule has 13 N–H and O–H groups in total. The van der Waals surface area contributed by atoms with Gasteiger partial charge >= 0.3 is 5.97 Å². The summed E-state index contributed by atoms with van der Waals surface area (Å²) in [6.07, 6.45) is 6.12. The van der Waals surface area contributed by atoms with Crippen LogP contribution in [0.25, 0.3) is 0 Å². The van der Waals surface area contributed by atoms with Crippen molar-refractivity contribution in [2.24, 2.45) is 0 Å². The largest absolute Gasteiger partial charge is 0.481 e. The molecule has 17 heteroatoms. The van der Waals surface area contributed by atoms with Gasteiger partial charge in [0.15, 0.2) is 6.29 Å². The van der Waals surface area contributed by atoms with Crippen LogP contribution in [0.4, 0.5) is 0 Å². The molecule has 1 aliphatic rings. The lowest BCUT2D eigenvalue weighted by atomic mass is 9.99. The lowest BCUT2D eigenvalue weighted by Gasteiger charge is -2.39. The van der Waals surface area contributed by atoms with Crippen LogP contribution in [0.1, 0.15) is 90.4 Å². The van der Waals surface area contributed by atoms with Crippen molar-refractivity contribution in [3.8, 4) is 0 Å². The van der Waals surface area contributed by atoms with Crippen LogP contribution in [0.3, 0.4) is 0 Å². The number of aliphatic hydroxyl groups is 4. The van der Waals surface area contributed by atoms with Gasteiger partial charge in [-0.15, -0.1) is 0 Å². The standard InChI is InChI=1S/C38H80N8O9/c1-2-39-26-27-45-31(37(53)46-28-29-54-38-36(52)35(51)34(50)32(30-47)55-38)14-7-11-19-41-21-13-12-20-40-16-8-3-4-9-17-42-22-24-44-25-23-43-18-10-5-6-15-33(48)49/h31-32,34-36,38-45,47,50-52H,2-30H2,1H3,(H,46,53)(H,48,49)/t31?,32-,34-,35+,36+,38+/m1/s1. The number of rotatable bonds is 40. The number of carbonyl (C=O) groups is 2. The van der Waals surface area contributed by atoms with E-state index in [9.17, 15) is 30.0 Å². The number of hydrogen-bond acceptors (Lipinski definition) is 15. The Labute approximate surface area is 330 Å². The van der Waals surface area contributed by atoms with Crippen molar-refractivity contribution in [2.75, 3.05) is 105 Å². The van der Waals surface area contributed by atoms with Crippen LogP contribution < -0.4 is 42.5 Å². The number of nitrogens with one attached hydrogen (secondary N) is 8. The van der Waals surface area contributed by atoms with Crippen LogP contribution >= 0.6 is 0 Å². The Kier molecular flexibility index (Phi) is 34.4. The number of ether oxygens (including phenoxy) is 2. The van der Waals surface area contributed by atoms with Gasteiger partial charge in [0.1, 0.15) is 24.4 Å². The summed E-state index contributed by atoms with van der Waals surface area (Å²) in [5.74, 6) is -0.840. The van der Waals surface area contributed by atoms with Gasteiger partial charge in [-0.3, -0.25) is 9.59 Å². The summed E-state index contributed by atoms with van der Waals surface area (Å²) in [5.41, 5.74) is 0. The van der Waals surface area contributed by atoms with E-state index >= 15 is 0 Å². The maximum atomic E-state index is 12.9. The van der Waals surface area contributed by atoms with E-state index in [2.05, 4.69) is 42.5 Å².